The van der Waals surface area contributed by atoms with Gasteiger partial charge in [-0.05, 0) is 61.9 Å². The van der Waals surface area contributed by atoms with Crippen LogP contribution in [0, 0.1) is 0 Å². The third-order valence-electron chi connectivity index (χ3n) is 4.62. The molecule has 32 heavy (non-hydrogen) atoms. The maximum atomic E-state index is 12.3. The third-order valence-corrected chi connectivity index (χ3v) is 4.62. The smallest absolute Gasteiger partial charge is 0.363 e. The Labute approximate surface area is 187 Å². The molecular formula is C24H26N2O6. The summed E-state index contributed by atoms with van der Waals surface area (Å²) >= 11 is 0. The Balaban J connectivity index is 1.85. The molecule has 1 aliphatic rings. The molecular weight excluding hydrogens is 412 g/mol. The minimum Gasteiger partial charge on any atom is -0.497 e. The largest absolute Gasteiger partial charge is 0.497 e. The van der Waals surface area contributed by atoms with E-state index in [0.717, 1.165) is 0 Å². The first-order valence-corrected chi connectivity index (χ1v) is 10.1. The van der Waals surface area contributed by atoms with Crippen molar-refractivity contribution in [3.63, 3.8) is 0 Å². The lowest BCUT2D eigenvalue weighted by Gasteiger charge is -2.20. The average molecular weight is 438 g/mol. The minimum absolute atomic E-state index is 0.159. The molecule has 0 radical (unpaired) electrons. The van der Waals surface area contributed by atoms with Gasteiger partial charge in [0.25, 0.3) is 5.91 Å². The average Bonchev–Trinajstić information content (AvgIpc) is 3.15. The van der Waals surface area contributed by atoms with Crippen LogP contribution in [0.4, 0.5) is 0 Å². The highest BCUT2D eigenvalue weighted by Crippen LogP contribution is 2.31. The summed E-state index contributed by atoms with van der Waals surface area (Å²) in [7, 11) is 4.92. The predicted octanol–water partition coefficient (Wildman–Crippen LogP) is 3.29. The number of rotatable bonds is 8. The molecule has 0 fully saturated rings. The molecule has 1 aliphatic heterocycles. The van der Waals surface area contributed by atoms with Gasteiger partial charge in [-0.2, -0.15) is 0 Å². The van der Waals surface area contributed by atoms with E-state index >= 15 is 0 Å². The van der Waals surface area contributed by atoms with Crippen molar-refractivity contribution in [2.75, 3.05) is 27.8 Å². The molecule has 0 N–H and O–H groups in total. The summed E-state index contributed by atoms with van der Waals surface area (Å²) in [6.45, 7) is 3.94. The molecule has 0 saturated carbocycles. The Kier molecular flexibility index (Phi) is 7.14. The summed E-state index contributed by atoms with van der Waals surface area (Å²) in [6, 6.07) is 12.3. The van der Waals surface area contributed by atoms with Gasteiger partial charge in [0.05, 0.1) is 13.7 Å². The summed E-state index contributed by atoms with van der Waals surface area (Å²) in [6.07, 6.45) is 0.939. The SMILES string of the molecule is CCOc1cc(/C=C2\N=C(c3ccc(OC)cc3)OC2=O)ccc1OC(C)C(=O)N(C)C. The predicted molar refractivity (Wildman–Crippen MR) is 120 cm³/mol. The van der Waals surface area contributed by atoms with Crippen LogP contribution < -0.4 is 14.2 Å². The first kappa shape index (κ1) is 22.9. The number of esters is 1. The van der Waals surface area contributed by atoms with Crippen molar-refractivity contribution < 1.29 is 28.5 Å². The van der Waals surface area contributed by atoms with E-state index in [1.165, 1.54) is 4.90 Å². The van der Waals surface area contributed by atoms with Crippen molar-refractivity contribution in [1.82, 2.24) is 4.90 Å². The number of carbonyl (C=O) groups is 2. The topological polar surface area (TPSA) is 86.7 Å². The highest BCUT2D eigenvalue weighted by atomic mass is 16.6. The first-order valence-electron chi connectivity index (χ1n) is 10.1. The number of carbonyl (C=O) groups excluding carboxylic acids is 2. The quantitative estimate of drug-likeness (QED) is 0.464. The lowest BCUT2D eigenvalue weighted by molar-refractivity contribution is -0.135. The minimum atomic E-state index is -0.671. The van der Waals surface area contributed by atoms with Gasteiger partial charge in [0.2, 0.25) is 5.90 Å². The van der Waals surface area contributed by atoms with E-state index in [4.69, 9.17) is 18.9 Å². The molecule has 2 aromatic carbocycles. The van der Waals surface area contributed by atoms with Gasteiger partial charge in [-0.15, -0.1) is 0 Å². The van der Waals surface area contributed by atoms with Crippen molar-refractivity contribution in [2.24, 2.45) is 4.99 Å². The number of hydrogen-bond donors (Lipinski definition) is 0. The van der Waals surface area contributed by atoms with E-state index in [1.807, 2.05) is 6.92 Å². The maximum Gasteiger partial charge on any atom is 0.363 e. The monoisotopic (exact) mass is 438 g/mol. The number of cyclic esters (lactones) is 1. The second-order valence-electron chi connectivity index (χ2n) is 7.20. The normalized spacial score (nSPS) is 15.1. The molecule has 0 saturated heterocycles. The number of benzene rings is 2. The lowest BCUT2D eigenvalue weighted by Crippen LogP contribution is -2.35. The second kappa shape index (κ2) is 10.00. The van der Waals surface area contributed by atoms with Crippen LogP contribution in [0.15, 0.2) is 53.2 Å². The summed E-state index contributed by atoms with van der Waals surface area (Å²) in [5.74, 6) is 1.12. The second-order valence-corrected chi connectivity index (χ2v) is 7.20. The molecule has 1 amide bonds. The highest BCUT2D eigenvalue weighted by molar-refractivity contribution is 6.12. The fourth-order valence-electron chi connectivity index (χ4n) is 3.01. The Bertz CT molecular complexity index is 1060. The first-order chi connectivity index (χ1) is 15.3. The van der Waals surface area contributed by atoms with Crippen molar-refractivity contribution in [2.45, 2.75) is 20.0 Å². The van der Waals surface area contributed by atoms with E-state index < -0.39 is 12.1 Å². The molecule has 3 rings (SSSR count). The van der Waals surface area contributed by atoms with Crippen LogP contribution in [0.2, 0.25) is 0 Å². The number of amides is 1. The van der Waals surface area contributed by atoms with Gasteiger partial charge in [-0.1, -0.05) is 6.07 Å². The zero-order valence-corrected chi connectivity index (χ0v) is 18.7. The van der Waals surface area contributed by atoms with Gasteiger partial charge in [0, 0.05) is 19.7 Å². The number of ether oxygens (including phenoxy) is 4. The maximum absolute atomic E-state index is 12.3. The Morgan fingerprint density at radius 1 is 1.16 bits per heavy atom. The molecule has 0 spiro atoms. The standard InChI is InChI=1S/C24H26N2O6/c1-6-30-21-14-16(7-12-20(21)31-15(2)23(27)26(3)4)13-19-24(28)32-22(25-19)17-8-10-18(29-5)11-9-17/h7-15H,6H2,1-5H3/b19-13-. The van der Waals surface area contributed by atoms with Gasteiger partial charge in [-0.25, -0.2) is 9.79 Å². The number of hydrogen-bond acceptors (Lipinski definition) is 7. The number of methoxy groups -OCH3 is 1. The fraction of sp³-hybridized carbons (Fsp3) is 0.292. The van der Waals surface area contributed by atoms with Crippen LogP contribution in [-0.4, -0.2) is 56.6 Å². The molecule has 0 aromatic heterocycles. The summed E-state index contributed by atoms with van der Waals surface area (Å²) in [5.41, 5.74) is 1.52. The van der Waals surface area contributed by atoms with Gasteiger partial charge in [-0.3, -0.25) is 4.79 Å². The number of aliphatic imine (C=N–C) groups is 1. The van der Waals surface area contributed by atoms with Crippen LogP contribution in [0.25, 0.3) is 6.08 Å². The van der Waals surface area contributed by atoms with Crippen LogP contribution in [0.5, 0.6) is 17.2 Å². The van der Waals surface area contributed by atoms with Crippen LogP contribution in [0.1, 0.15) is 25.0 Å². The van der Waals surface area contributed by atoms with Gasteiger partial charge >= 0.3 is 5.97 Å². The van der Waals surface area contributed by atoms with Gasteiger partial charge in [0.15, 0.2) is 23.3 Å². The molecule has 1 atom stereocenters. The van der Waals surface area contributed by atoms with E-state index in [-0.39, 0.29) is 17.5 Å². The fourth-order valence-corrected chi connectivity index (χ4v) is 3.01. The number of nitrogens with zero attached hydrogens (tertiary/aromatic N) is 2. The van der Waals surface area contributed by atoms with Crippen molar-refractivity contribution in [3.8, 4) is 17.2 Å². The molecule has 168 valence electrons. The lowest BCUT2D eigenvalue weighted by atomic mass is 10.1. The summed E-state index contributed by atoms with van der Waals surface area (Å²) in [5, 5.41) is 0. The summed E-state index contributed by atoms with van der Waals surface area (Å²) < 4.78 is 21.9. The Hall–Kier alpha value is -3.81. The Morgan fingerprint density at radius 3 is 2.50 bits per heavy atom. The van der Waals surface area contributed by atoms with E-state index in [2.05, 4.69) is 4.99 Å². The zero-order valence-electron chi connectivity index (χ0n) is 18.7. The molecule has 2 aromatic rings. The Morgan fingerprint density at radius 2 is 1.88 bits per heavy atom. The van der Waals surface area contributed by atoms with E-state index in [9.17, 15) is 9.59 Å². The highest BCUT2D eigenvalue weighted by Gasteiger charge is 2.24. The van der Waals surface area contributed by atoms with Crippen LogP contribution in [-0.2, 0) is 14.3 Å². The molecule has 0 bridgehead atoms. The van der Waals surface area contributed by atoms with E-state index in [0.29, 0.717) is 35.0 Å². The van der Waals surface area contributed by atoms with Gasteiger partial charge in [0.1, 0.15) is 5.75 Å². The third kappa shape index (κ3) is 5.26. The van der Waals surface area contributed by atoms with Crippen molar-refractivity contribution >= 4 is 23.9 Å². The molecule has 8 nitrogen and oxygen atoms in total. The van der Waals surface area contributed by atoms with Crippen LogP contribution >= 0.6 is 0 Å². The molecule has 1 heterocycles. The van der Waals surface area contributed by atoms with Crippen LogP contribution in [0.3, 0.4) is 0 Å². The zero-order chi connectivity index (χ0) is 23.3. The molecule has 8 heteroatoms. The number of likely N-dealkylation sites (N-methyl/N-ethyl adjacent to an activating group) is 1. The van der Waals surface area contributed by atoms with Crippen molar-refractivity contribution in [3.05, 3.63) is 59.3 Å². The van der Waals surface area contributed by atoms with E-state index in [1.54, 1.807) is 76.7 Å². The van der Waals surface area contributed by atoms with Gasteiger partial charge < -0.3 is 23.8 Å². The van der Waals surface area contributed by atoms with Crippen molar-refractivity contribution in [1.29, 1.82) is 0 Å². The molecule has 0 aliphatic carbocycles. The molecule has 1 unspecified atom stereocenters. The summed E-state index contributed by atoms with van der Waals surface area (Å²) in [4.78, 5) is 30.2.